The van der Waals surface area contributed by atoms with Gasteiger partial charge in [-0.2, -0.15) is 10.2 Å². The molecule has 0 aliphatic heterocycles. The van der Waals surface area contributed by atoms with Gasteiger partial charge < -0.3 is 0 Å². The first kappa shape index (κ1) is 20.1. The maximum Gasteiger partial charge on any atom is 0.271 e. The average molecular weight is 415 g/mol. The number of hydrogen-bond donors (Lipinski definition) is 1. The second kappa shape index (κ2) is 9.04. The molecule has 1 aromatic heterocycles. The number of carbonyl (C=O) groups excluding carboxylic acids is 1. The van der Waals surface area contributed by atoms with E-state index in [2.05, 4.69) is 22.5 Å². The quantitative estimate of drug-likeness (QED) is 0.461. The molecule has 2 aromatic carbocycles. The van der Waals surface area contributed by atoms with Crippen molar-refractivity contribution >= 4 is 35.3 Å². The zero-order chi connectivity index (χ0) is 20.1. The number of amides is 1. The van der Waals surface area contributed by atoms with E-state index in [0.29, 0.717) is 27.8 Å². The molecule has 0 aliphatic carbocycles. The lowest BCUT2D eigenvalue weighted by atomic mass is 10.1. The third-order valence-corrected chi connectivity index (χ3v) is 4.99. The van der Waals surface area contributed by atoms with Gasteiger partial charge in [-0.1, -0.05) is 54.4 Å². The molecule has 0 unspecified atom stereocenters. The Morgan fingerprint density at radius 2 is 1.75 bits per heavy atom. The van der Waals surface area contributed by atoms with Crippen LogP contribution in [0.2, 0.25) is 10.2 Å². The molecule has 0 saturated carbocycles. The lowest BCUT2D eigenvalue weighted by Crippen LogP contribution is -2.17. The number of nitrogens with zero attached hydrogens (tertiary/aromatic N) is 3. The molecule has 0 aliphatic rings. The van der Waals surface area contributed by atoms with Crippen LogP contribution < -0.4 is 5.43 Å². The molecule has 5 nitrogen and oxygen atoms in total. The van der Waals surface area contributed by atoms with Crippen LogP contribution in [0, 0.1) is 6.92 Å². The van der Waals surface area contributed by atoms with Crippen molar-refractivity contribution in [1.29, 1.82) is 0 Å². The number of aryl methyl sites for hydroxylation is 2. The monoisotopic (exact) mass is 414 g/mol. The minimum atomic E-state index is -0.277. The number of benzene rings is 2. The summed E-state index contributed by atoms with van der Waals surface area (Å²) < 4.78 is 1.69. The Kier molecular flexibility index (Phi) is 6.49. The fourth-order valence-electron chi connectivity index (χ4n) is 2.69. The molecule has 144 valence electrons. The molecule has 0 atom stereocenters. The fourth-order valence-corrected chi connectivity index (χ4v) is 3.10. The van der Waals surface area contributed by atoms with E-state index in [1.165, 1.54) is 11.8 Å². The number of rotatable bonds is 6. The highest BCUT2D eigenvalue weighted by Gasteiger charge is 2.12. The molecule has 0 bridgehead atoms. The summed E-state index contributed by atoms with van der Waals surface area (Å²) in [5.41, 5.74) is 6.67. The van der Waals surface area contributed by atoms with Crippen molar-refractivity contribution in [2.45, 2.75) is 26.8 Å². The number of hydrogen-bond acceptors (Lipinski definition) is 3. The van der Waals surface area contributed by atoms with Crippen molar-refractivity contribution in [3.05, 3.63) is 86.7 Å². The Morgan fingerprint density at radius 3 is 2.39 bits per heavy atom. The summed E-state index contributed by atoms with van der Waals surface area (Å²) in [5.74, 6) is -0.277. The minimum absolute atomic E-state index is 0.277. The SMILES string of the molecule is CCc1ccc(C(=O)N/N=C\c2c(C)nn(Cc3ccc(Cl)cc3)c2Cl)cc1. The second-order valence-electron chi connectivity index (χ2n) is 6.32. The number of aromatic nitrogens is 2. The molecule has 1 amide bonds. The lowest BCUT2D eigenvalue weighted by Gasteiger charge is -2.04. The molecule has 0 spiro atoms. The van der Waals surface area contributed by atoms with E-state index in [4.69, 9.17) is 23.2 Å². The Bertz CT molecular complexity index is 992. The van der Waals surface area contributed by atoms with Crippen LogP contribution in [0.5, 0.6) is 0 Å². The van der Waals surface area contributed by atoms with Crippen molar-refractivity contribution < 1.29 is 4.79 Å². The van der Waals surface area contributed by atoms with Gasteiger partial charge in [-0.05, 0) is 48.7 Å². The summed E-state index contributed by atoms with van der Waals surface area (Å²) in [5, 5.41) is 9.62. The normalized spacial score (nSPS) is 11.1. The summed E-state index contributed by atoms with van der Waals surface area (Å²) in [4.78, 5) is 12.2. The predicted octanol–water partition coefficient (Wildman–Crippen LogP) is 4.87. The first-order valence-electron chi connectivity index (χ1n) is 8.87. The van der Waals surface area contributed by atoms with Crippen molar-refractivity contribution in [3.8, 4) is 0 Å². The van der Waals surface area contributed by atoms with Crippen LogP contribution in [0.1, 0.15) is 39.7 Å². The van der Waals surface area contributed by atoms with E-state index in [1.54, 1.807) is 16.8 Å². The van der Waals surface area contributed by atoms with Gasteiger partial charge in [0.2, 0.25) is 0 Å². The smallest absolute Gasteiger partial charge is 0.267 e. The van der Waals surface area contributed by atoms with Crippen LogP contribution in [0.25, 0.3) is 0 Å². The number of hydrazone groups is 1. The van der Waals surface area contributed by atoms with E-state index >= 15 is 0 Å². The van der Waals surface area contributed by atoms with Gasteiger partial charge >= 0.3 is 0 Å². The molecule has 3 rings (SSSR count). The summed E-state index contributed by atoms with van der Waals surface area (Å²) in [6.45, 7) is 4.43. The van der Waals surface area contributed by atoms with Gasteiger partial charge in [0.1, 0.15) is 5.15 Å². The first-order valence-corrected chi connectivity index (χ1v) is 9.63. The average Bonchev–Trinajstić information content (AvgIpc) is 2.97. The summed E-state index contributed by atoms with van der Waals surface area (Å²) >= 11 is 12.4. The third kappa shape index (κ3) is 4.80. The zero-order valence-corrected chi connectivity index (χ0v) is 17.1. The lowest BCUT2D eigenvalue weighted by molar-refractivity contribution is 0.0955. The molecular formula is C21H20Cl2N4O. The molecule has 7 heteroatoms. The molecule has 0 saturated heterocycles. The van der Waals surface area contributed by atoms with Gasteiger partial charge in [-0.3, -0.25) is 4.79 Å². The van der Waals surface area contributed by atoms with E-state index in [-0.39, 0.29) is 5.91 Å². The van der Waals surface area contributed by atoms with E-state index in [1.807, 2.05) is 43.3 Å². The van der Waals surface area contributed by atoms with Crippen molar-refractivity contribution in [3.63, 3.8) is 0 Å². The van der Waals surface area contributed by atoms with Crippen LogP contribution in [0.4, 0.5) is 0 Å². The number of nitrogens with one attached hydrogen (secondary N) is 1. The molecule has 0 radical (unpaired) electrons. The van der Waals surface area contributed by atoms with Crippen LogP contribution >= 0.6 is 23.2 Å². The van der Waals surface area contributed by atoms with Crippen LogP contribution in [0.3, 0.4) is 0 Å². The molecule has 3 aromatic rings. The van der Waals surface area contributed by atoms with Crippen molar-refractivity contribution in [2.75, 3.05) is 0 Å². The summed E-state index contributed by atoms with van der Waals surface area (Å²) in [6, 6.07) is 14.9. The highest BCUT2D eigenvalue weighted by molar-refractivity contribution is 6.32. The van der Waals surface area contributed by atoms with Gasteiger partial charge in [0.15, 0.2) is 0 Å². The number of carbonyl (C=O) groups is 1. The maximum atomic E-state index is 12.2. The highest BCUT2D eigenvalue weighted by Crippen LogP contribution is 2.20. The van der Waals surface area contributed by atoms with Crippen LogP contribution in [-0.4, -0.2) is 21.9 Å². The largest absolute Gasteiger partial charge is 0.271 e. The predicted molar refractivity (Wildman–Crippen MR) is 113 cm³/mol. The van der Waals surface area contributed by atoms with Gasteiger partial charge in [-0.15, -0.1) is 0 Å². The Hall–Kier alpha value is -2.63. The molecule has 1 N–H and O–H groups in total. The molecule has 28 heavy (non-hydrogen) atoms. The van der Waals surface area contributed by atoms with Crippen LogP contribution in [-0.2, 0) is 13.0 Å². The maximum absolute atomic E-state index is 12.2. The van der Waals surface area contributed by atoms with Crippen LogP contribution in [0.15, 0.2) is 53.6 Å². The molecular weight excluding hydrogens is 395 g/mol. The third-order valence-electron chi connectivity index (χ3n) is 4.34. The summed E-state index contributed by atoms with van der Waals surface area (Å²) in [7, 11) is 0. The topological polar surface area (TPSA) is 59.3 Å². The van der Waals surface area contributed by atoms with Gasteiger partial charge in [0.25, 0.3) is 5.91 Å². The van der Waals surface area contributed by atoms with Gasteiger partial charge in [-0.25, -0.2) is 10.1 Å². The first-order chi connectivity index (χ1) is 13.5. The van der Waals surface area contributed by atoms with E-state index < -0.39 is 0 Å². The minimum Gasteiger partial charge on any atom is -0.267 e. The van der Waals surface area contributed by atoms with Crippen molar-refractivity contribution in [1.82, 2.24) is 15.2 Å². The number of halogens is 2. The van der Waals surface area contributed by atoms with Crippen molar-refractivity contribution in [2.24, 2.45) is 5.10 Å². The van der Waals surface area contributed by atoms with Gasteiger partial charge in [0, 0.05) is 10.6 Å². The highest BCUT2D eigenvalue weighted by atomic mass is 35.5. The van der Waals surface area contributed by atoms with Gasteiger partial charge in [0.05, 0.1) is 24.0 Å². The van der Waals surface area contributed by atoms with E-state index in [0.717, 1.165) is 17.7 Å². The fraction of sp³-hybridized carbons (Fsp3) is 0.190. The Morgan fingerprint density at radius 1 is 1.11 bits per heavy atom. The second-order valence-corrected chi connectivity index (χ2v) is 7.12. The molecule has 0 fully saturated rings. The zero-order valence-electron chi connectivity index (χ0n) is 15.6. The Balaban J connectivity index is 1.68. The standard InChI is InChI=1S/C21H20Cl2N4O/c1-3-15-4-8-17(9-5-15)21(28)25-24-12-19-14(2)26-27(20(19)23)13-16-6-10-18(22)11-7-16/h4-12H,3,13H2,1-2H3,(H,25,28)/b24-12-. The summed E-state index contributed by atoms with van der Waals surface area (Å²) in [6.07, 6.45) is 2.44. The Labute approximate surface area is 174 Å². The molecule has 1 heterocycles. The van der Waals surface area contributed by atoms with E-state index in [9.17, 15) is 4.79 Å².